The van der Waals surface area contributed by atoms with E-state index in [1.165, 1.54) is 6.07 Å². The van der Waals surface area contributed by atoms with Crippen molar-refractivity contribution in [2.75, 3.05) is 32.9 Å². The van der Waals surface area contributed by atoms with E-state index in [4.69, 9.17) is 0 Å². The molecule has 0 radical (unpaired) electrons. The Hall–Kier alpha value is -1.04. The van der Waals surface area contributed by atoms with E-state index in [2.05, 4.69) is 10.2 Å². The number of halogens is 2. The average molecular weight is 291 g/mol. The van der Waals surface area contributed by atoms with Gasteiger partial charge < -0.3 is 15.5 Å². The van der Waals surface area contributed by atoms with Gasteiger partial charge in [0.2, 0.25) is 0 Å². The van der Waals surface area contributed by atoms with E-state index in [1.54, 1.807) is 12.1 Å². The summed E-state index contributed by atoms with van der Waals surface area (Å²) in [6.07, 6.45) is 0.330. The zero-order chi connectivity index (χ0) is 13.0. The van der Waals surface area contributed by atoms with Gasteiger partial charge in [0.15, 0.2) is 11.5 Å². The van der Waals surface area contributed by atoms with Gasteiger partial charge in [-0.05, 0) is 12.5 Å². The van der Waals surface area contributed by atoms with Gasteiger partial charge in [-0.15, -0.1) is 12.4 Å². The van der Waals surface area contributed by atoms with Crippen molar-refractivity contribution in [2.24, 2.45) is 0 Å². The number of rotatable bonds is 4. The lowest BCUT2D eigenvalue weighted by atomic mass is 10.00. The molecule has 0 amide bonds. The molecule has 4 nitrogen and oxygen atoms in total. The quantitative estimate of drug-likeness (QED) is 0.741. The number of phenolic OH excluding ortho intramolecular Hbond substituents is 2. The molecule has 1 aromatic carbocycles. The first-order valence-electron chi connectivity index (χ1n) is 6.25. The van der Waals surface area contributed by atoms with Crippen molar-refractivity contribution in [3.05, 3.63) is 23.8 Å². The molecule has 0 saturated carbocycles. The smallest absolute Gasteiger partial charge is 0.162 e. The SMILES string of the molecule is Cl.Oc1cccc([C@@H](CCF)N2CCNCC2)c1O. The molecule has 1 fully saturated rings. The monoisotopic (exact) mass is 290 g/mol. The largest absolute Gasteiger partial charge is 0.504 e. The Morgan fingerprint density at radius 1 is 1.26 bits per heavy atom. The molecule has 1 aromatic rings. The van der Waals surface area contributed by atoms with Crippen LogP contribution in [0.1, 0.15) is 18.0 Å². The fraction of sp³-hybridized carbons (Fsp3) is 0.538. The third-order valence-corrected chi connectivity index (χ3v) is 3.38. The topological polar surface area (TPSA) is 55.7 Å². The van der Waals surface area contributed by atoms with Gasteiger partial charge in [-0.25, -0.2) is 0 Å². The lowest BCUT2D eigenvalue weighted by Gasteiger charge is -2.35. The highest BCUT2D eigenvalue weighted by molar-refractivity contribution is 5.85. The van der Waals surface area contributed by atoms with E-state index >= 15 is 0 Å². The maximum atomic E-state index is 12.7. The van der Waals surface area contributed by atoms with Crippen molar-refractivity contribution in [3.8, 4) is 11.5 Å². The normalized spacial score (nSPS) is 17.7. The van der Waals surface area contributed by atoms with Crippen molar-refractivity contribution in [2.45, 2.75) is 12.5 Å². The first kappa shape index (κ1) is 16.0. The number of aromatic hydroxyl groups is 2. The molecular weight excluding hydrogens is 271 g/mol. The summed E-state index contributed by atoms with van der Waals surface area (Å²) in [5.74, 6) is -0.277. The third kappa shape index (κ3) is 3.72. The van der Waals surface area contributed by atoms with Crippen LogP contribution in [-0.2, 0) is 0 Å². The molecule has 1 heterocycles. The minimum absolute atomic E-state index is 0. The summed E-state index contributed by atoms with van der Waals surface area (Å²) in [5.41, 5.74) is 0.606. The molecule has 108 valence electrons. The van der Waals surface area contributed by atoms with E-state index in [-0.39, 0.29) is 29.9 Å². The molecule has 0 aromatic heterocycles. The Bertz CT molecular complexity index is 400. The number of alkyl halides is 1. The Labute approximate surface area is 118 Å². The number of hydrogen-bond donors (Lipinski definition) is 3. The number of hydrogen-bond acceptors (Lipinski definition) is 4. The van der Waals surface area contributed by atoms with E-state index < -0.39 is 6.67 Å². The maximum absolute atomic E-state index is 12.7. The Morgan fingerprint density at radius 2 is 1.95 bits per heavy atom. The van der Waals surface area contributed by atoms with Gasteiger partial charge in [0.25, 0.3) is 0 Å². The van der Waals surface area contributed by atoms with Crippen molar-refractivity contribution in [1.82, 2.24) is 10.2 Å². The van der Waals surface area contributed by atoms with Crippen LogP contribution in [-0.4, -0.2) is 48.0 Å². The summed E-state index contributed by atoms with van der Waals surface area (Å²) in [6, 6.07) is 4.68. The van der Waals surface area contributed by atoms with Crippen LogP contribution >= 0.6 is 12.4 Å². The molecule has 0 bridgehead atoms. The predicted molar refractivity (Wildman–Crippen MR) is 74.8 cm³/mol. The van der Waals surface area contributed by atoms with Crippen LogP contribution in [0, 0.1) is 0 Å². The van der Waals surface area contributed by atoms with Crippen molar-refractivity contribution in [1.29, 1.82) is 0 Å². The Morgan fingerprint density at radius 3 is 2.58 bits per heavy atom. The van der Waals surface area contributed by atoms with Gasteiger partial charge >= 0.3 is 0 Å². The molecule has 0 unspecified atom stereocenters. The highest BCUT2D eigenvalue weighted by Gasteiger charge is 2.25. The molecule has 1 saturated heterocycles. The van der Waals surface area contributed by atoms with E-state index in [0.717, 1.165) is 26.2 Å². The second kappa shape index (κ2) is 7.53. The van der Waals surface area contributed by atoms with Crippen molar-refractivity contribution in [3.63, 3.8) is 0 Å². The number of nitrogens with zero attached hydrogens (tertiary/aromatic N) is 1. The molecule has 0 aliphatic carbocycles. The van der Waals surface area contributed by atoms with Gasteiger partial charge in [-0.2, -0.15) is 0 Å². The first-order valence-corrected chi connectivity index (χ1v) is 6.25. The Balaban J connectivity index is 0.00000180. The van der Waals surface area contributed by atoms with Gasteiger partial charge in [0.05, 0.1) is 6.67 Å². The summed E-state index contributed by atoms with van der Waals surface area (Å²) < 4.78 is 12.7. The van der Waals surface area contributed by atoms with E-state index in [1.807, 2.05) is 0 Å². The summed E-state index contributed by atoms with van der Waals surface area (Å²) >= 11 is 0. The number of phenols is 2. The maximum Gasteiger partial charge on any atom is 0.162 e. The standard InChI is InChI=1S/C13H19FN2O2.ClH/c14-5-4-11(16-8-6-15-7-9-16)10-2-1-3-12(17)13(10)18;/h1-3,11,15,17-18H,4-9H2;1H/t11-;/m1./s1. The van der Waals surface area contributed by atoms with Gasteiger partial charge in [-0.1, -0.05) is 12.1 Å². The Kier molecular flexibility index (Phi) is 6.34. The second-order valence-corrected chi connectivity index (χ2v) is 4.49. The number of piperazine rings is 1. The van der Waals surface area contributed by atoms with Crippen LogP contribution in [0.15, 0.2) is 18.2 Å². The molecular formula is C13H20ClFN2O2. The zero-order valence-corrected chi connectivity index (χ0v) is 11.5. The molecule has 6 heteroatoms. The number of para-hydroxylation sites is 1. The zero-order valence-electron chi connectivity index (χ0n) is 10.7. The summed E-state index contributed by atoms with van der Waals surface area (Å²) in [6.45, 7) is 2.92. The fourth-order valence-corrected chi connectivity index (χ4v) is 2.45. The molecule has 1 aliphatic heterocycles. The van der Waals surface area contributed by atoms with Crippen molar-refractivity contribution >= 4 is 12.4 Å². The first-order chi connectivity index (χ1) is 8.74. The van der Waals surface area contributed by atoms with E-state index in [9.17, 15) is 14.6 Å². The molecule has 2 rings (SSSR count). The minimum atomic E-state index is -0.441. The summed E-state index contributed by atoms with van der Waals surface area (Å²) in [7, 11) is 0. The summed E-state index contributed by atoms with van der Waals surface area (Å²) in [4.78, 5) is 2.14. The molecule has 1 aliphatic rings. The van der Waals surface area contributed by atoms with E-state index in [0.29, 0.717) is 12.0 Å². The third-order valence-electron chi connectivity index (χ3n) is 3.38. The fourth-order valence-electron chi connectivity index (χ4n) is 2.45. The lowest BCUT2D eigenvalue weighted by molar-refractivity contribution is 0.154. The number of benzene rings is 1. The minimum Gasteiger partial charge on any atom is -0.504 e. The number of nitrogens with one attached hydrogen (secondary N) is 1. The highest BCUT2D eigenvalue weighted by Crippen LogP contribution is 2.36. The van der Waals surface area contributed by atoms with Crippen LogP contribution in [0.5, 0.6) is 11.5 Å². The predicted octanol–water partition coefficient (Wildman–Crippen LogP) is 1.83. The molecule has 1 atom stereocenters. The molecule has 0 spiro atoms. The van der Waals surface area contributed by atoms with Gasteiger partial charge in [0, 0.05) is 37.8 Å². The van der Waals surface area contributed by atoms with Crippen molar-refractivity contribution < 1.29 is 14.6 Å². The summed E-state index contributed by atoms with van der Waals surface area (Å²) in [5, 5.41) is 22.7. The molecule has 19 heavy (non-hydrogen) atoms. The van der Waals surface area contributed by atoms with Crippen LogP contribution in [0.4, 0.5) is 4.39 Å². The van der Waals surface area contributed by atoms with Crippen LogP contribution < -0.4 is 5.32 Å². The highest BCUT2D eigenvalue weighted by atomic mass is 35.5. The van der Waals surface area contributed by atoms with Crippen LogP contribution in [0.3, 0.4) is 0 Å². The van der Waals surface area contributed by atoms with Crippen LogP contribution in [0.25, 0.3) is 0 Å². The molecule has 3 N–H and O–H groups in total. The average Bonchev–Trinajstić information content (AvgIpc) is 2.41. The van der Waals surface area contributed by atoms with Crippen LogP contribution in [0.2, 0.25) is 0 Å². The lowest BCUT2D eigenvalue weighted by Crippen LogP contribution is -2.45. The van der Waals surface area contributed by atoms with Gasteiger partial charge in [0.1, 0.15) is 0 Å². The second-order valence-electron chi connectivity index (χ2n) is 4.49. The van der Waals surface area contributed by atoms with Gasteiger partial charge in [-0.3, -0.25) is 9.29 Å².